The van der Waals surface area contributed by atoms with Gasteiger partial charge in [0.1, 0.15) is 6.04 Å². The minimum atomic E-state index is -0.413. The summed E-state index contributed by atoms with van der Waals surface area (Å²) in [5.41, 5.74) is 4.11. The number of benzene rings is 1. The number of allylic oxidation sites excluding steroid dienone is 1. The lowest BCUT2D eigenvalue weighted by Gasteiger charge is -2.28. The van der Waals surface area contributed by atoms with Crippen LogP contribution >= 0.6 is 11.8 Å². The number of rotatable bonds is 6. The summed E-state index contributed by atoms with van der Waals surface area (Å²) in [6.45, 7) is 6.03. The zero-order valence-corrected chi connectivity index (χ0v) is 18.0. The molecule has 30 heavy (non-hydrogen) atoms. The maximum Gasteiger partial charge on any atom is 0.255 e. The van der Waals surface area contributed by atoms with Gasteiger partial charge in [0, 0.05) is 29.5 Å². The molecule has 0 bridgehead atoms. The molecule has 0 radical (unpaired) electrons. The van der Waals surface area contributed by atoms with Crippen molar-refractivity contribution in [1.29, 1.82) is 0 Å². The molecular weight excluding hydrogens is 396 g/mol. The van der Waals surface area contributed by atoms with Gasteiger partial charge in [-0.3, -0.25) is 9.78 Å². The highest BCUT2D eigenvalue weighted by Gasteiger charge is 2.34. The van der Waals surface area contributed by atoms with Gasteiger partial charge in [-0.2, -0.15) is 4.98 Å². The number of amides is 1. The summed E-state index contributed by atoms with van der Waals surface area (Å²) in [5.74, 6) is 1.39. The molecule has 3 aromatic rings. The lowest BCUT2D eigenvalue weighted by atomic mass is 9.96. The second-order valence-electron chi connectivity index (χ2n) is 7.18. The summed E-state index contributed by atoms with van der Waals surface area (Å²) in [4.78, 5) is 22.2. The van der Waals surface area contributed by atoms with E-state index < -0.39 is 6.04 Å². The number of thioether (sulfide) groups is 1. The molecule has 1 aromatic carbocycles. The summed E-state index contributed by atoms with van der Waals surface area (Å²) < 4.78 is 1.78. The molecule has 4 rings (SSSR count). The molecule has 154 valence electrons. The van der Waals surface area contributed by atoms with Crippen molar-refractivity contribution in [2.75, 3.05) is 16.4 Å². The van der Waals surface area contributed by atoms with Crippen molar-refractivity contribution >= 4 is 29.3 Å². The van der Waals surface area contributed by atoms with Gasteiger partial charge in [-0.25, -0.2) is 4.68 Å². The van der Waals surface area contributed by atoms with E-state index in [9.17, 15) is 4.79 Å². The van der Waals surface area contributed by atoms with Crippen LogP contribution in [0.2, 0.25) is 0 Å². The Bertz CT molecular complexity index is 1070. The number of anilines is 2. The van der Waals surface area contributed by atoms with Gasteiger partial charge in [0.2, 0.25) is 11.1 Å². The van der Waals surface area contributed by atoms with Crippen molar-refractivity contribution in [1.82, 2.24) is 19.7 Å². The minimum absolute atomic E-state index is 0.179. The van der Waals surface area contributed by atoms with Crippen molar-refractivity contribution in [3.63, 3.8) is 0 Å². The quantitative estimate of drug-likeness (QED) is 0.575. The third-order valence-corrected chi connectivity index (χ3v) is 5.87. The number of nitrogens with zero attached hydrogens (tertiary/aromatic N) is 4. The predicted molar refractivity (Wildman–Crippen MR) is 120 cm³/mol. The van der Waals surface area contributed by atoms with E-state index >= 15 is 0 Å². The molecule has 0 spiro atoms. The van der Waals surface area contributed by atoms with E-state index in [1.165, 1.54) is 0 Å². The molecule has 7 nitrogen and oxygen atoms in total. The van der Waals surface area contributed by atoms with Crippen LogP contribution in [0.4, 0.5) is 11.6 Å². The Morgan fingerprint density at radius 3 is 2.73 bits per heavy atom. The van der Waals surface area contributed by atoms with Gasteiger partial charge in [0.05, 0.1) is 5.57 Å². The van der Waals surface area contributed by atoms with Crippen LogP contribution in [-0.4, -0.2) is 31.4 Å². The minimum Gasteiger partial charge on any atom is -0.328 e. The molecule has 3 heterocycles. The Labute approximate surface area is 180 Å². The maximum absolute atomic E-state index is 13.3. The van der Waals surface area contributed by atoms with E-state index in [0.29, 0.717) is 16.7 Å². The number of aryl methyl sites for hydroxylation is 1. The zero-order valence-electron chi connectivity index (χ0n) is 17.2. The second kappa shape index (κ2) is 8.71. The number of hydrogen-bond donors (Lipinski definition) is 2. The third kappa shape index (κ3) is 4.09. The molecule has 0 aliphatic carbocycles. The smallest absolute Gasteiger partial charge is 0.255 e. The first-order valence-electron chi connectivity index (χ1n) is 9.92. The van der Waals surface area contributed by atoms with Gasteiger partial charge in [0.15, 0.2) is 0 Å². The molecule has 2 N–H and O–H groups in total. The van der Waals surface area contributed by atoms with Gasteiger partial charge < -0.3 is 10.6 Å². The van der Waals surface area contributed by atoms with Crippen molar-refractivity contribution in [3.8, 4) is 0 Å². The van der Waals surface area contributed by atoms with Gasteiger partial charge >= 0.3 is 0 Å². The summed E-state index contributed by atoms with van der Waals surface area (Å²) in [7, 11) is 0. The number of aromatic nitrogens is 4. The van der Waals surface area contributed by atoms with E-state index in [4.69, 9.17) is 5.10 Å². The molecule has 2 aromatic heterocycles. The first-order valence-corrected chi connectivity index (χ1v) is 10.9. The fourth-order valence-electron chi connectivity index (χ4n) is 3.36. The summed E-state index contributed by atoms with van der Waals surface area (Å²) in [6.07, 6.45) is 4.53. The third-order valence-electron chi connectivity index (χ3n) is 4.82. The van der Waals surface area contributed by atoms with Crippen molar-refractivity contribution in [3.05, 3.63) is 71.2 Å². The molecule has 8 heteroatoms. The molecule has 1 aliphatic heterocycles. The van der Waals surface area contributed by atoms with Crippen LogP contribution in [-0.2, 0) is 4.79 Å². The van der Waals surface area contributed by atoms with E-state index in [1.807, 2.05) is 50.2 Å². The van der Waals surface area contributed by atoms with Gasteiger partial charge in [0.25, 0.3) is 5.91 Å². The van der Waals surface area contributed by atoms with Crippen molar-refractivity contribution in [2.45, 2.75) is 38.4 Å². The van der Waals surface area contributed by atoms with Crippen LogP contribution in [0.1, 0.15) is 37.4 Å². The predicted octanol–water partition coefficient (Wildman–Crippen LogP) is 4.41. The number of pyridine rings is 1. The Balaban J connectivity index is 1.73. The van der Waals surface area contributed by atoms with Crippen LogP contribution in [0, 0.1) is 6.92 Å². The first-order chi connectivity index (χ1) is 14.6. The highest BCUT2D eigenvalue weighted by molar-refractivity contribution is 7.99. The van der Waals surface area contributed by atoms with Crippen molar-refractivity contribution < 1.29 is 4.79 Å². The van der Waals surface area contributed by atoms with E-state index in [2.05, 4.69) is 27.5 Å². The average Bonchev–Trinajstić information content (AvgIpc) is 3.15. The second-order valence-corrected chi connectivity index (χ2v) is 8.25. The Morgan fingerprint density at radius 2 is 2.03 bits per heavy atom. The summed E-state index contributed by atoms with van der Waals surface area (Å²) >= 11 is 1.61. The molecular formula is C22H24N6OS. The molecule has 0 saturated carbocycles. The first kappa shape index (κ1) is 20.2. The van der Waals surface area contributed by atoms with Crippen LogP contribution < -0.4 is 10.6 Å². The zero-order chi connectivity index (χ0) is 21.1. The lowest BCUT2D eigenvalue weighted by molar-refractivity contribution is -0.113. The van der Waals surface area contributed by atoms with Crippen LogP contribution in [0.3, 0.4) is 0 Å². The number of nitrogens with one attached hydrogen (secondary N) is 2. The maximum atomic E-state index is 13.3. The SMILES string of the molecule is CCCSc1nc2n(n1)C(c1cccnc1)C(C(=O)Nc1ccc(C)cc1)=C(C)N2. The van der Waals surface area contributed by atoms with Crippen LogP contribution in [0.25, 0.3) is 0 Å². The number of carbonyl (C=O) groups excluding carboxylic acids is 1. The molecule has 1 unspecified atom stereocenters. The molecule has 0 fully saturated rings. The van der Waals surface area contributed by atoms with Crippen LogP contribution in [0.15, 0.2) is 65.2 Å². The van der Waals surface area contributed by atoms with E-state index in [-0.39, 0.29) is 5.91 Å². The highest BCUT2D eigenvalue weighted by atomic mass is 32.2. The summed E-state index contributed by atoms with van der Waals surface area (Å²) in [6, 6.07) is 11.2. The Hall–Kier alpha value is -3.13. The standard InChI is InChI=1S/C22H24N6OS/c1-4-12-30-22-26-21-24-15(3)18(20(29)25-17-9-7-14(2)8-10-17)19(28(21)27-22)16-6-5-11-23-13-16/h5-11,13,19H,4,12H2,1-3H3,(H,25,29)(H,24,26,27). The largest absolute Gasteiger partial charge is 0.328 e. The molecule has 1 atom stereocenters. The fraction of sp³-hybridized carbons (Fsp3) is 0.273. The molecule has 1 amide bonds. The normalized spacial score (nSPS) is 15.5. The van der Waals surface area contributed by atoms with Crippen molar-refractivity contribution in [2.24, 2.45) is 0 Å². The number of carbonyl (C=O) groups is 1. The average molecular weight is 421 g/mol. The van der Waals surface area contributed by atoms with Crippen LogP contribution in [0.5, 0.6) is 0 Å². The van der Waals surface area contributed by atoms with E-state index in [0.717, 1.165) is 34.7 Å². The fourth-order valence-corrected chi connectivity index (χ4v) is 4.04. The highest BCUT2D eigenvalue weighted by Crippen LogP contribution is 2.36. The Kier molecular flexibility index (Phi) is 5.85. The van der Waals surface area contributed by atoms with Gasteiger partial charge in [-0.15, -0.1) is 5.10 Å². The molecule has 1 aliphatic rings. The van der Waals surface area contributed by atoms with E-state index in [1.54, 1.807) is 28.8 Å². The van der Waals surface area contributed by atoms with Gasteiger partial charge in [-0.05, 0) is 44.0 Å². The molecule has 0 saturated heterocycles. The number of fused-ring (bicyclic) bond motifs is 1. The van der Waals surface area contributed by atoms with Gasteiger partial charge in [-0.1, -0.05) is 42.4 Å². The monoisotopic (exact) mass is 420 g/mol. The Morgan fingerprint density at radius 1 is 1.23 bits per heavy atom. The lowest BCUT2D eigenvalue weighted by Crippen LogP contribution is -2.31. The summed E-state index contributed by atoms with van der Waals surface area (Å²) in [5, 5.41) is 11.7. The number of hydrogen-bond acceptors (Lipinski definition) is 6. The topological polar surface area (TPSA) is 84.7 Å².